The monoisotopic (exact) mass is 426 g/mol. The zero-order chi connectivity index (χ0) is 22.2. The fourth-order valence-corrected chi connectivity index (χ4v) is 4.54. The molecule has 6 nitrogen and oxygen atoms in total. The van der Waals surface area contributed by atoms with Crippen LogP contribution in [0.3, 0.4) is 0 Å². The van der Waals surface area contributed by atoms with Crippen molar-refractivity contribution < 1.29 is 9.53 Å². The molecule has 1 atom stereocenters. The summed E-state index contributed by atoms with van der Waals surface area (Å²) in [7, 11) is 1.67. The van der Waals surface area contributed by atoms with Gasteiger partial charge in [0.2, 0.25) is 0 Å². The van der Waals surface area contributed by atoms with Crippen molar-refractivity contribution in [3.8, 4) is 16.9 Å². The largest absolute Gasteiger partial charge is 0.497 e. The van der Waals surface area contributed by atoms with Crippen molar-refractivity contribution in [2.24, 2.45) is 0 Å². The van der Waals surface area contributed by atoms with Gasteiger partial charge in [0.1, 0.15) is 17.1 Å². The smallest absolute Gasteiger partial charge is 0.274 e. The van der Waals surface area contributed by atoms with Crippen LogP contribution in [0.25, 0.3) is 16.8 Å². The van der Waals surface area contributed by atoms with Crippen LogP contribution in [-0.4, -0.2) is 38.8 Å². The molecular formula is C26H26N4O2. The van der Waals surface area contributed by atoms with Crippen molar-refractivity contribution in [1.82, 2.24) is 19.3 Å². The number of hydrogen-bond acceptors (Lipinski definition) is 4. The van der Waals surface area contributed by atoms with E-state index in [9.17, 15) is 4.79 Å². The van der Waals surface area contributed by atoms with Gasteiger partial charge >= 0.3 is 0 Å². The Morgan fingerprint density at radius 3 is 2.62 bits per heavy atom. The van der Waals surface area contributed by atoms with Crippen LogP contribution in [-0.2, 0) is 0 Å². The first kappa shape index (κ1) is 20.2. The SMILES string of the molecule is COc1ccc(-c2cc(C)nc([C@@H]3CCCN3C(=O)c3cn4cccc(C)c4n3)c2)cc1. The lowest BCUT2D eigenvalue weighted by Gasteiger charge is -2.24. The van der Waals surface area contributed by atoms with Gasteiger partial charge in [-0.05, 0) is 73.7 Å². The molecule has 1 aliphatic heterocycles. The highest BCUT2D eigenvalue weighted by molar-refractivity contribution is 5.93. The minimum atomic E-state index is -0.0506. The summed E-state index contributed by atoms with van der Waals surface area (Å²) in [6.45, 7) is 4.72. The molecule has 1 amide bonds. The Kier molecular flexibility index (Phi) is 5.13. The minimum Gasteiger partial charge on any atom is -0.497 e. The molecule has 3 aromatic heterocycles. The van der Waals surface area contributed by atoms with E-state index in [1.807, 2.05) is 71.9 Å². The van der Waals surface area contributed by atoms with E-state index >= 15 is 0 Å². The molecule has 4 heterocycles. The second kappa shape index (κ2) is 8.11. The predicted octanol–water partition coefficient (Wildman–Crippen LogP) is 5.00. The third kappa shape index (κ3) is 3.62. The highest BCUT2D eigenvalue weighted by Crippen LogP contribution is 2.34. The molecule has 0 radical (unpaired) electrons. The van der Waals surface area contributed by atoms with Gasteiger partial charge in [-0.1, -0.05) is 18.2 Å². The van der Waals surface area contributed by atoms with Gasteiger partial charge in [-0.3, -0.25) is 9.78 Å². The summed E-state index contributed by atoms with van der Waals surface area (Å²) >= 11 is 0. The number of pyridine rings is 2. The van der Waals surface area contributed by atoms with E-state index in [4.69, 9.17) is 9.72 Å². The van der Waals surface area contributed by atoms with Crippen LogP contribution in [0.2, 0.25) is 0 Å². The van der Waals surface area contributed by atoms with E-state index in [0.717, 1.165) is 52.3 Å². The number of amides is 1. The fraction of sp³-hybridized carbons (Fsp3) is 0.269. The minimum absolute atomic E-state index is 0.0371. The summed E-state index contributed by atoms with van der Waals surface area (Å²) in [5.41, 5.74) is 6.42. The number of nitrogens with zero attached hydrogens (tertiary/aromatic N) is 4. The number of aromatic nitrogens is 3. The molecule has 0 aliphatic carbocycles. The number of hydrogen-bond donors (Lipinski definition) is 0. The Balaban J connectivity index is 1.47. The van der Waals surface area contributed by atoms with Gasteiger partial charge in [-0.15, -0.1) is 0 Å². The maximum atomic E-state index is 13.4. The second-order valence-electron chi connectivity index (χ2n) is 8.36. The highest BCUT2D eigenvalue weighted by atomic mass is 16.5. The molecule has 0 N–H and O–H groups in total. The van der Waals surface area contributed by atoms with Gasteiger partial charge in [0.15, 0.2) is 0 Å². The van der Waals surface area contributed by atoms with Crippen LogP contribution in [0.4, 0.5) is 0 Å². The van der Waals surface area contributed by atoms with Crippen molar-refractivity contribution in [3.05, 3.63) is 83.6 Å². The van der Waals surface area contributed by atoms with Gasteiger partial charge in [-0.2, -0.15) is 0 Å². The summed E-state index contributed by atoms with van der Waals surface area (Å²) in [5.74, 6) is 0.792. The number of benzene rings is 1. The third-order valence-electron chi connectivity index (χ3n) is 6.15. The average Bonchev–Trinajstić information content (AvgIpc) is 3.46. The van der Waals surface area contributed by atoms with Crippen LogP contribution in [0.1, 0.15) is 46.3 Å². The normalized spacial score (nSPS) is 16.0. The number of methoxy groups -OCH3 is 1. The van der Waals surface area contributed by atoms with Crippen LogP contribution in [0.5, 0.6) is 5.75 Å². The molecule has 0 spiro atoms. The lowest BCUT2D eigenvalue weighted by atomic mass is 10.0. The van der Waals surface area contributed by atoms with E-state index in [1.54, 1.807) is 7.11 Å². The average molecular weight is 427 g/mol. The molecule has 0 unspecified atom stereocenters. The van der Waals surface area contributed by atoms with Crippen molar-refractivity contribution in [2.75, 3.05) is 13.7 Å². The first-order valence-electron chi connectivity index (χ1n) is 10.9. The van der Waals surface area contributed by atoms with Crippen LogP contribution in [0, 0.1) is 13.8 Å². The molecule has 6 heteroatoms. The van der Waals surface area contributed by atoms with Crippen molar-refractivity contribution in [2.45, 2.75) is 32.7 Å². The molecule has 4 aromatic rings. The zero-order valence-electron chi connectivity index (χ0n) is 18.6. The molecule has 1 saturated heterocycles. The highest BCUT2D eigenvalue weighted by Gasteiger charge is 2.33. The van der Waals surface area contributed by atoms with Gasteiger partial charge in [0.05, 0.1) is 18.8 Å². The topological polar surface area (TPSA) is 59.7 Å². The molecule has 1 fully saturated rings. The molecule has 0 saturated carbocycles. The number of ether oxygens (including phenoxy) is 1. The Morgan fingerprint density at radius 2 is 1.88 bits per heavy atom. The maximum absolute atomic E-state index is 13.4. The van der Waals surface area contributed by atoms with E-state index < -0.39 is 0 Å². The van der Waals surface area contributed by atoms with Crippen LogP contribution in [0.15, 0.2) is 60.9 Å². The molecule has 5 rings (SSSR count). The summed E-state index contributed by atoms with van der Waals surface area (Å²) in [4.78, 5) is 24.8. The molecule has 0 bridgehead atoms. The number of aryl methyl sites for hydroxylation is 2. The number of carbonyl (C=O) groups is 1. The standard InChI is InChI=1S/C26H26N4O2/c1-17-6-4-12-29-16-23(28-25(17)29)26(31)30-13-5-7-24(30)22-15-20(14-18(2)27-22)19-8-10-21(32-3)11-9-19/h4,6,8-12,14-16,24H,5,7,13H2,1-3H3/t24-/m0/s1. The number of imidazole rings is 1. The predicted molar refractivity (Wildman–Crippen MR) is 124 cm³/mol. The Labute approximate surface area is 187 Å². The van der Waals surface area contributed by atoms with E-state index in [-0.39, 0.29) is 11.9 Å². The van der Waals surface area contributed by atoms with E-state index in [2.05, 4.69) is 17.1 Å². The Morgan fingerprint density at radius 1 is 1.06 bits per heavy atom. The third-order valence-corrected chi connectivity index (χ3v) is 6.15. The first-order chi connectivity index (χ1) is 15.5. The number of fused-ring (bicyclic) bond motifs is 1. The summed E-state index contributed by atoms with van der Waals surface area (Å²) in [6.07, 6.45) is 5.61. The van der Waals surface area contributed by atoms with Crippen LogP contribution < -0.4 is 4.74 Å². The molecular weight excluding hydrogens is 400 g/mol. The van der Waals surface area contributed by atoms with Gasteiger partial charge < -0.3 is 14.0 Å². The Hall–Kier alpha value is -3.67. The Bertz CT molecular complexity index is 1290. The van der Waals surface area contributed by atoms with E-state index in [1.165, 1.54) is 0 Å². The zero-order valence-corrected chi connectivity index (χ0v) is 18.6. The summed E-state index contributed by atoms with van der Waals surface area (Å²) in [5, 5.41) is 0. The van der Waals surface area contributed by atoms with Crippen molar-refractivity contribution in [1.29, 1.82) is 0 Å². The summed E-state index contributed by atoms with van der Waals surface area (Å²) in [6, 6.07) is 16.1. The molecule has 162 valence electrons. The van der Waals surface area contributed by atoms with Gasteiger partial charge in [-0.25, -0.2) is 4.98 Å². The van der Waals surface area contributed by atoms with Crippen LogP contribution >= 0.6 is 0 Å². The number of carbonyl (C=O) groups excluding carboxylic acids is 1. The number of likely N-dealkylation sites (tertiary alicyclic amines) is 1. The summed E-state index contributed by atoms with van der Waals surface area (Å²) < 4.78 is 7.20. The number of rotatable bonds is 4. The lowest BCUT2D eigenvalue weighted by Crippen LogP contribution is -2.31. The van der Waals surface area contributed by atoms with E-state index in [0.29, 0.717) is 12.2 Å². The van der Waals surface area contributed by atoms with Gasteiger partial charge in [0, 0.05) is 24.6 Å². The first-order valence-corrected chi connectivity index (χ1v) is 10.9. The fourth-order valence-electron chi connectivity index (χ4n) is 4.54. The second-order valence-corrected chi connectivity index (χ2v) is 8.36. The molecule has 1 aromatic carbocycles. The van der Waals surface area contributed by atoms with Gasteiger partial charge in [0.25, 0.3) is 5.91 Å². The quantitative estimate of drug-likeness (QED) is 0.461. The molecule has 32 heavy (non-hydrogen) atoms. The van der Waals surface area contributed by atoms with Crippen molar-refractivity contribution in [3.63, 3.8) is 0 Å². The van der Waals surface area contributed by atoms with Crippen molar-refractivity contribution >= 4 is 11.6 Å². The maximum Gasteiger partial charge on any atom is 0.274 e. The molecule has 1 aliphatic rings. The lowest BCUT2D eigenvalue weighted by molar-refractivity contribution is 0.0727.